The van der Waals surface area contributed by atoms with Crippen molar-refractivity contribution < 1.29 is 34.2 Å². The second kappa shape index (κ2) is 24.7. The molecule has 41 heavy (non-hydrogen) atoms. The summed E-state index contributed by atoms with van der Waals surface area (Å²) >= 11 is 0. The Balaban J connectivity index is 4.65. The van der Waals surface area contributed by atoms with Gasteiger partial charge in [-0.3, -0.25) is 9.59 Å². The third-order valence-electron chi connectivity index (χ3n) is 8.77. The molecule has 0 aromatic rings. The first-order valence-corrected chi connectivity index (χ1v) is 16.7. The van der Waals surface area contributed by atoms with E-state index in [-0.39, 0.29) is 0 Å². The van der Waals surface area contributed by atoms with Gasteiger partial charge in [0, 0.05) is 37.6 Å². The number of carbonyl (C=O) groups is 3. The van der Waals surface area contributed by atoms with Crippen molar-refractivity contribution in [3.05, 3.63) is 12.2 Å². The highest BCUT2D eigenvalue weighted by atomic mass is 16.4. The maximum absolute atomic E-state index is 11.5. The van der Waals surface area contributed by atoms with Crippen molar-refractivity contribution in [2.75, 3.05) is 26.2 Å². The Morgan fingerprint density at radius 2 is 0.951 bits per heavy atom. The summed E-state index contributed by atoms with van der Waals surface area (Å²) in [6.07, 6.45) is 25.1. The van der Waals surface area contributed by atoms with Crippen molar-refractivity contribution in [2.45, 2.75) is 143 Å². The minimum Gasteiger partial charge on any atom is -0.550 e. The van der Waals surface area contributed by atoms with E-state index in [1.807, 2.05) is 0 Å². The number of carboxylic acid groups (broad SMARTS) is 3. The molecule has 0 spiro atoms. The first-order valence-electron chi connectivity index (χ1n) is 16.7. The van der Waals surface area contributed by atoms with E-state index in [2.05, 4.69) is 19.1 Å². The Bertz CT molecular complexity index is 662. The van der Waals surface area contributed by atoms with E-state index < -0.39 is 35.7 Å². The lowest BCUT2D eigenvalue weighted by atomic mass is 10.0. The number of carboxylic acids is 3. The van der Waals surface area contributed by atoms with Crippen molar-refractivity contribution >= 4 is 17.9 Å². The average Bonchev–Trinajstić information content (AvgIpc) is 2.94. The van der Waals surface area contributed by atoms with Crippen molar-refractivity contribution in [3.63, 3.8) is 0 Å². The zero-order valence-electron chi connectivity index (χ0n) is 26.9. The summed E-state index contributed by atoms with van der Waals surface area (Å²) in [4.78, 5) is 34.3. The summed E-state index contributed by atoms with van der Waals surface area (Å²) in [5, 5.41) is 30.2. The fourth-order valence-electron chi connectivity index (χ4n) is 5.30. The molecule has 240 valence electrons. The predicted octanol–water partition coefficient (Wildman–Crippen LogP) is 7.23. The van der Waals surface area contributed by atoms with E-state index in [0.29, 0.717) is 43.4 Å². The molecule has 0 aliphatic carbocycles. The molecule has 0 rings (SSSR count). The van der Waals surface area contributed by atoms with Gasteiger partial charge in [-0.15, -0.1) is 0 Å². The molecule has 0 fully saturated rings. The lowest BCUT2D eigenvalue weighted by molar-refractivity contribution is -0.929. The normalized spacial score (nSPS) is 15.4. The SMILES string of the molecule is CCCCCCCCCCCCCCC/C=C/CC[N+](CCC(C)C(=O)[O-])(CCC(C)C(=O)O)CCC(C)C(=O)O. The van der Waals surface area contributed by atoms with Crippen molar-refractivity contribution in [1.29, 1.82) is 0 Å². The Kier molecular flexibility index (Phi) is 23.5. The summed E-state index contributed by atoms with van der Waals surface area (Å²) in [5.41, 5.74) is 0. The van der Waals surface area contributed by atoms with Crippen LogP contribution in [0.4, 0.5) is 0 Å². The van der Waals surface area contributed by atoms with Crippen LogP contribution in [0.2, 0.25) is 0 Å². The zero-order chi connectivity index (χ0) is 30.9. The first-order chi connectivity index (χ1) is 19.5. The second-order valence-corrected chi connectivity index (χ2v) is 12.6. The maximum atomic E-state index is 11.5. The van der Waals surface area contributed by atoms with Gasteiger partial charge in [-0.2, -0.15) is 0 Å². The van der Waals surface area contributed by atoms with Crippen LogP contribution in [0.5, 0.6) is 0 Å². The van der Waals surface area contributed by atoms with Crippen LogP contribution < -0.4 is 5.11 Å². The van der Waals surface area contributed by atoms with Gasteiger partial charge in [-0.25, -0.2) is 0 Å². The topological polar surface area (TPSA) is 115 Å². The standard InChI is InChI=1S/C34H63NO6/c1-5-6-7-8-9-10-11-12-13-14-15-16-17-18-19-20-21-25-35(26-22-29(2)32(36)37,27-23-30(3)33(38)39)28-24-31(4)34(40)41/h19-20,29-31H,5-18,21-28H2,1-4H3,(H2-,36,37,38,39,40,41)/b20-19+. The number of quaternary nitrogens is 1. The number of nitrogens with zero attached hydrogens (tertiary/aromatic N) is 1. The van der Waals surface area contributed by atoms with Crippen LogP contribution in [0.25, 0.3) is 0 Å². The van der Waals surface area contributed by atoms with Gasteiger partial charge in [-0.1, -0.05) is 117 Å². The van der Waals surface area contributed by atoms with E-state index in [9.17, 15) is 29.7 Å². The molecule has 0 aromatic carbocycles. The summed E-state index contributed by atoms with van der Waals surface area (Å²) in [6, 6.07) is 0. The third-order valence-corrected chi connectivity index (χ3v) is 8.77. The molecule has 7 nitrogen and oxygen atoms in total. The minimum absolute atomic E-state index is 0.425. The van der Waals surface area contributed by atoms with Crippen molar-refractivity contribution in [1.82, 2.24) is 0 Å². The van der Waals surface area contributed by atoms with Gasteiger partial charge in [0.05, 0.1) is 38.0 Å². The maximum Gasteiger partial charge on any atom is 0.306 e. The molecule has 0 bridgehead atoms. The number of allylic oxidation sites excluding steroid dienone is 1. The second-order valence-electron chi connectivity index (χ2n) is 12.6. The van der Waals surface area contributed by atoms with Crippen LogP contribution in [0.1, 0.15) is 143 Å². The molecule has 7 heteroatoms. The molecule has 0 aromatic heterocycles. The van der Waals surface area contributed by atoms with Crippen LogP contribution in [-0.2, 0) is 14.4 Å². The molecule has 0 saturated carbocycles. The smallest absolute Gasteiger partial charge is 0.306 e. The van der Waals surface area contributed by atoms with E-state index in [1.54, 1.807) is 20.8 Å². The van der Waals surface area contributed by atoms with Crippen molar-refractivity contribution in [2.24, 2.45) is 17.8 Å². The zero-order valence-corrected chi connectivity index (χ0v) is 26.9. The number of carbonyl (C=O) groups excluding carboxylic acids is 1. The van der Waals surface area contributed by atoms with Gasteiger partial charge < -0.3 is 24.6 Å². The van der Waals surface area contributed by atoms with Gasteiger partial charge in [0.1, 0.15) is 0 Å². The Hall–Kier alpha value is -1.89. The number of rotatable bonds is 29. The van der Waals surface area contributed by atoms with E-state index in [0.717, 1.165) is 19.4 Å². The number of hydrogen-bond donors (Lipinski definition) is 2. The summed E-state index contributed by atoms with van der Waals surface area (Å²) in [7, 11) is 0. The molecular weight excluding hydrogens is 518 g/mol. The Morgan fingerprint density at radius 1 is 0.585 bits per heavy atom. The average molecular weight is 582 g/mol. The summed E-state index contributed by atoms with van der Waals surface area (Å²) in [6.45, 7) is 9.77. The fourth-order valence-corrected chi connectivity index (χ4v) is 5.30. The molecule has 0 aliphatic heterocycles. The number of aliphatic carboxylic acids is 3. The third kappa shape index (κ3) is 21.5. The molecule has 0 radical (unpaired) electrons. The Labute approximate surface area is 251 Å². The van der Waals surface area contributed by atoms with Crippen LogP contribution >= 0.6 is 0 Å². The van der Waals surface area contributed by atoms with E-state index in [4.69, 9.17) is 0 Å². The molecule has 0 saturated heterocycles. The van der Waals surface area contributed by atoms with E-state index in [1.165, 1.54) is 83.5 Å². The first kappa shape index (κ1) is 39.1. The highest BCUT2D eigenvalue weighted by molar-refractivity contribution is 5.69. The fraction of sp³-hybridized carbons (Fsp3) is 0.853. The summed E-state index contributed by atoms with van der Waals surface area (Å²) < 4.78 is 0.538. The molecule has 0 amide bonds. The van der Waals surface area contributed by atoms with Gasteiger partial charge >= 0.3 is 11.9 Å². The molecule has 0 heterocycles. The van der Waals surface area contributed by atoms with Crippen molar-refractivity contribution in [3.8, 4) is 0 Å². The van der Waals surface area contributed by atoms with E-state index >= 15 is 0 Å². The molecule has 3 atom stereocenters. The Morgan fingerprint density at radius 3 is 1.34 bits per heavy atom. The monoisotopic (exact) mass is 581 g/mol. The highest BCUT2D eigenvalue weighted by Crippen LogP contribution is 2.21. The van der Waals surface area contributed by atoms with Gasteiger partial charge in [0.25, 0.3) is 0 Å². The number of hydrogen-bond acceptors (Lipinski definition) is 4. The lowest BCUT2D eigenvalue weighted by Crippen LogP contribution is -2.52. The molecule has 0 aliphatic rings. The number of unbranched alkanes of at least 4 members (excludes halogenated alkanes) is 13. The van der Waals surface area contributed by atoms with Crippen LogP contribution in [0.3, 0.4) is 0 Å². The summed E-state index contributed by atoms with van der Waals surface area (Å²) in [5.74, 6) is -4.39. The predicted molar refractivity (Wildman–Crippen MR) is 165 cm³/mol. The minimum atomic E-state index is -1.08. The quantitative estimate of drug-likeness (QED) is 0.0547. The highest BCUT2D eigenvalue weighted by Gasteiger charge is 2.30. The van der Waals surface area contributed by atoms with Gasteiger partial charge in [0.2, 0.25) is 0 Å². The molecule has 2 N–H and O–H groups in total. The lowest BCUT2D eigenvalue weighted by Gasteiger charge is -2.40. The van der Waals surface area contributed by atoms with Crippen LogP contribution in [0.15, 0.2) is 12.2 Å². The largest absolute Gasteiger partial charge is 0.550 e. The molecule has 3 unspecified atom stereocenters. The van der Waals surface area contributed by atoms with Gasteiger partial charge in [0.15, 0.2) is 0 Å². The van der Waals surface area contributed by atoms with Crippen LogP contribution in [0, 0.1) is 17.8 Å². The molecular formula is C34H63NO6. The van der Waals surface area contributed by atoms with Crippen LogP contribution in [-0.4, -0.2) is 58.8 Å². The van der Waals surface area contributed by atoms with Gasteiger partial charge in [-0.05, 0) is 12.8 Å².